The topological polar surface area (TPSA) is 73.1 Å². The minimum atomic E-state index is -0.0685. The van der Waals surface area contributed by atoms with Crippen molar-refractivity contribution in [3.05, 3.63) is 71.8 Å². The van der Waals surface area contributed by atoms with Crippen molar-refractivity contribution < 1.29 is 4.79 Å². The average molecular weight is 428 g/mol. The van der Waals surface area contributed by atoms with E-state index < -0.39 is 0 Å². The predicted octanol–water partition coefficient (Wildman–Crippen LogP) is 4.55. The van der Waals surface area contributed by atoms with Gasteiger partial charge in [0.2, 0.25) is 5.91 Å². The van der Waals surface area contributed by atoms with E-state index in [-0.39, 0.29) is 5.91 Å². The Kier molecular flexibility index (Phi) is 5.74. The van der Waals surface area contributed by atoms with Crippen LogP contribution in [0, 0.1) is 25.2 Å². The summed E-state index contributed by atoms with van der Waals surface area (Å²) in [7, 11) is 0. The summed E-state index contributed by atoms with van der Waals surface area (Å²) in [5, 5.41) is 9.57. The van der Waals surface area contributed by atoms with Gasteiger partial charge in [0.25, 0.3) is 0 Å². The van der Waals surface area contributed by atoms with Gasteiger partial charge >= 0.3 is 0 Å². The maximum absolute atomic E-state index is 12.9. The van der Waals surface area contributed by atoms with Crippen LogP contribution < -0.4 is 9.80 Å². The number of nitrogens with zero attached hydrogens (tertiary/aromatic N) is 5. The smallest absolute Gasteiger partial charge is 0.233 e. The van der Waals surface area contributed by atoms with Gasteiger partial charge in [-0.05, 0) is 67.9 Å². The monoisotopic (exact) mass is 427 g/mol. The maximum Gasteiger partial charge on any atom is 0.233 e. The van der Waals surface area contributed by atoms with E-state index in [9.17, 15) is 4.79 Å². The largest absolute Gasteiger partial charge is 0.318 e. The van der Waals surface area contributed by atoms with Gasteiger partial charge in [-0.1, -0.05) is 18.2 Å². The van der Waals surface area contributed by atoms with Crippen LogP contribution in [0.3, 0.4) is 0 Å². The van der Waals surface area contributed by atoms with Crippen molar-refractivity contribution in [3.8, 4) is 17.2 Å². The van der Waals surface area contributed by atoms with Crippen molar-refractivity contribution in [3.63, 3.8) is 0 Å². The van der Waals surface area contributed by atoms with Gasteiger partial charge in [0.05, 0.1) is 11.9 Å². The van der Waals surface area contributed by atoms with Crippen LogP contribution in [0.2, 0.25) is 0 Å². The lowest BCUT2D eigenvalue weighted by Gasteiger charge is -2.29. The average Bonchev–Trinajstić information content (AvgIpc) is 2.92. The number of benzene rings is 1. The lowest BCUT2D eigenvalue weighted by Crippen LogP contribution is -2.44. The Morgan fingerprint density at radius 3 is 2.55 bits per heavy atom. The fourth-order valence-corrected chi connectivity index (χ4v) is 4.13. The third-order valence-electron chi connectivity index (χ3n) is 5.37. The molecule has 1 saturated heterocycles. The van der Waals surface area contributed by atoms with Gasteiger partial charge in [-0.15, -0.1) is 0 Å². The molecule has 0 radical (unpaired) electrons. The van der Waals surface area contributed by atoms with Crippen LogP contribution in [-0.2, 0) is 4.79 Å². The second-order valence-electron chi connectivity index (χ2n) is 7.42. The Balaban J connectivity index is 1.66. The Labute approximate surface area is 186 Å². The first-order chi connectivity index (χ1) is 15.0. The van der Waals surface area contributed by atoms with Crippen LogP contribution in [0.25, 0.3) is 11.1 Å². The van der Waals surface area contributed by atoms with Crippen LogP contribution in [-0.4, -0.2) is 27.5 Å². The molecule has 1 fully saturated rings. The van der Waals surface area contributed by atoms with Crippen molar-refractivity contribution in [1.82, 2.24) is 9.97 Å². The normalized spacial score (nSPS) is 14.4. The minimum absolute atomic E-state index is 0.0685. The first-order valence-corrected chi connectivity index (χ1v) is 10.4. The van der Waals surface area contributed by atoms with E-state index in [2.05, 4.69) is 22.1 Å². The molecule has 1 aliphatic rings. The highest BCUT2D eigenvalue weighted by molar-refractivity contribution is 7.81. The Morgan fingerprint density at radius 1 is 1.10 bits per heavy atom. The van der Waals surface area contributed by atoms with Gasteiger partial charge < -0.3 is 4.90 Å². The first-order valence-electron chi connectivity index (χ1n) is 10.0. The third kappa shape index (κ3) is 4.03. The second kappa shape index (κ2) is 8.62. The summed E-state index contributed by atoms with van der Waals surface area (Å²) in [5.74, 6) is -0.0685. The quantitative estimate of drug-likeness (QED) is 0.571. The zero-order chi connectivity index (χ0) is 22.0. The Hall–Kier alpha value is -3.63. The number of anilines is 2. The number of carbonyl (C=O) groups excluding carboxylic acids is 1. The molecule has 0 unspecified atom stereocenters. The molecule has 0 N–H and O–H groups in total. The predicted molar refractivity (Wildman–Crippen MR) is 125 cm³/mol. The van der Waals surface area contributed by atoms with E-state index in [1.54, 1.807) is 19.2 Å². The van der Waals surface area contributed by atoms with Gasteiger partial charge in [-0.2, -0.15) is 5.26 Å². The van der Waals surface area contributed by atoms with Crippen LogP contribution in [0.4, 0.5) is 11.4 Å². The number of rotatable bonds is 3. The zero-order valence-corrected chi connectivity index (χ0v) is 18.2. The molecule has 3 heterocycles. The summed E-state index contributed by atoms with van der Waals surface area (Å²) in [5.41, 5.74) is 5.70. The summed E-state index contributed by atoms with van der Waals surface area (Å²) in [6.07, 6.45) is 4.41. The molecule has 0 bridgehead atoms. The molecule has 1 amide bonds. The standard InChI is InChI=1S/C24H21N5OS/c1-16-13-20(15-27-22(16)14-25)29-23(30)6-4-12-28(24(29)31)19-9-7-18(8-10-19)21-5-3-11-26-17(21)2/h3,5,7-11,13,15H,4,6,12H2,1-2H3. The lowest BCUT2D eigenvalue weighted by atomic mass is 10.0. The number of aromatic nitrogens is 2. The number of pyridine rings is 2. The van der Waals surface area contributed by atoms with Crippen molar-refractivity contribution in [2.24, 2.45) is 0 Å². The molecule has 0 atom stereocenters. The number of hydrogen-bond donors (Lipinski definition) is 0. The van der Waals surface area contributed by atoms with E-state index in [1.165, 1.54) is 11.1 Å². The number of thiocarbonyl (C=S) groups is 1. The van der Waals surface area contributed by atoms with Crippen LogP contribution in [0.5, 0.6) is 0 Å². The van der Waals surface area contributed by atoms with Gasteiger partial charge in [-0.3, -0.25) is 14.7 Å². The molecular weight excluding hydrogens is 406 g/mol. The molecule has 1 aromatic carbocycles. The van der Waals surface area contributed by atoms with E-state index in [0.717, 1.165) is 22.5 Å². The molecule has 7 heteroatoms. The highest BCUT2D eigenvalue weighted by Gasteiger charge is 2.29. The molecule has 2 aromatic heterocycles. The van der Waals surface area contributed by atoms with E-state index >= 15 is 0 Å². The molecule has 0 spiro atoms. The van der Waals surface area contributed by atoms with Crippen molar-refractivity contribution in [1.29, 1.82) is 5.26 Å². The molecular formula is C24H21N5OS. The summed E-state index contributed by atoms with van der Waals surface area (Å²) in [6.45, 7) is 4.44. The fraction of sp³-hybridized carbons (Fsp3) is 0.208. The van der Waals surface area contributed by atoms with Crippen LogP contribution >= 0.6 is 12.2 Å². The van der Waals surface area contributed by atoms with Crippen molar-refractivity contribution >= 4 is 34.6 Å². The molecule has 0 aliphatic carbocycles. The number of carbonyl (C=O) groups is 1. The minimum Gasteiger partial charge on any atom is -0.318 e. The van der Waals surface area contributed by atoms with Crippen LogP contribution in [0.1, 0.15) is 29.8 Å². The summed E-state index contributed by atoms with van der Waals surface area (Å²) in [4.78, 5) is 24.9. The van der Waals surface area contributed by atoms with Gasteiger partial charge in [0.1, 0.15) is 11.8 Å². The van der Waals surface area contributed by atoms with Crippen molar-refractivity contribution in [2.45, 2.75) is 26.7 Å². The molecule has 31 heavy (non-hydrogen) atoms. The van der Waals surface area contributed by atoms with Crippen molar-refractivity contribution in [2.75, 3.05) is 16.3 Å². The molecule has 4 rings (SSSR count). The summed E-state index contributed by atoms with van der Waals surface area (Å²) in [6, 6.07) is 16.0. The summed E-state index contributed by atoms with van der Waals surface area (Å²) < 4.78 is 0. The molecule has 0 saturated carbocycles. The van der Waals surface area contributed by atoms with Crippen LogP contribution in [0.15, 0.2) is 54.9 Å². The molecule has 1 aliphatic heterocycles. The van der Waals surface area contributed by atoms with Gasteiger partial charge in [0.15, 0.2) is 5.11 Å². The number of aryl methyl sites for hydroxylation is 2. The SMILES string of the molecule is Cc1cc(N2C(=O)CCCN(c3ccc(-c4cccnc4C)cc3)C2=S)cnc1C#N. The van der Waals surface area contributed by atoms with E-state index in [4.69, 9.17) is 17.5 Å². The first kappa shape index (κ1) is 20.6. The molecule has 6 nitrogen and oxygen atoms in total. The highest BCUT2D eigenvalue weighted by Crippen LogP contribution is 2.29. The molecule has 154 valence electrons. The van der Waals surface area contributed by atoms with Gasteiger partial charge in [0, 0.05) is 36.1 Å². The number of nitriles is 1. The lowest BCUT2D eigenvalue weighted by molar-refractivity contribution is -0.117. The number of amides is 1. The maximum atomic E-state index is 12.9. The zero-order valence-electron chi connectivity index (χ0n) is 17.4. The second-order valence-corrected chi connectivity index (χ2v) is 7.79. The number of hydrogen-bond acceptors (Lipinski definition) is 5. The Bertz CT molecular complexity index is 1200. The van der Waals surface area contributed by atoms with Gasteiger partial charge in [-0.25, -0.2) is 4.98 Å². The van der Waals surface area contributed by atoms with E-state index in [1.807, 2.05) is 42.2 Å². The third-order valence-corrected chi connectivity index (χ3v) is 5.77. The fourth-order valence-electron chi connectivity index (χ4n) is 3.73. The van der Waals surface area contributed by atoms with E-state index in [0.29, 0.717) is 41.4 Å². The summed E-state index contributed by atoms with van der Waals surface area (Å²) >= 11 is 5.76. The molecule has 3 aromatic rings. The Morgan fingerprint density at radius 2 is 1.87 bits per heavy atom. The highest BCUT2D eigenvalue weighted by atomic mass is 32.1.